The molecule has 0 radical (unpaired) electrons. The van der Waals surface area contributed by atoms with Crippen LogP contribution in [0.3, 0.4) is 0 Å². The molecule has 2 aliphatic rings. The molecule has 0 aromatic heterocycles. The third-order valence-corrected chi connectivity index (χ3v) is 3.59. The van der Waals surface area contributed by atoms with Crippen LogP contribution in [0, 0.1) is 11.8 Å². The van der Waals surface area contributed by atoms with Gasteiger partial charge in [0.05, 0.1) is 6.61 Å². The Kier molecular flexibility index (Phi) is 3.69. The second-order valence-electron chi connectivity index (χ2n) is 5.13. The molecule has 1 atom stereocenters. The average molecular weight is 239 g/mol. The summed E-state index contributed by atoms with van der Waals surface area (Å²) in [6.45, 7) is 4.28. The fraction of sp³-hybridized carbons (Fsp3) is 0.846. The molecule has 2 fully saturated rings. The van der Waals surface area contributed by atoms with Gasteiger partial charge in [-0.15, -0.1) is 0 Å². The van der Waals surface area contributed by atoms with Gasteiger partial charge in [-0.3, -0.25) is 9.59 Å². The van der Waals surface area contributed by atoms with E-state index in [1.807, 2.05) is 6.92 Å². The molecule has 1 unspecified atom stereocenters. The molecule has 0 aromatic rings. The Hall–Kier alpha value is -1.06. The fourth-order valence-electron chi connectivity index (χ4n) is 2.18. The van der Waals surface area contributed by atoms with E-state index in [2.05, 4.69) is 0 Å². The van der Waals surface area contributed by atoms with Crippen LogP contribution in [0.5, 0.6) is 0 Å². The van der Waals surface area contributed by atoms with Crippen LogP contribution < -0.4 is 0 Å². The van der Waals surface area contributed by atoms with Gasteiger partial charge in [0.15, 0.2) is 0 Å². The molecule has 4 nitrogen and oxygen atoms in total. The maximum Gasteiger partial charge on any atom is 0.325 e. The second kappa shape index (κ2) is 5.07. The van der Waals surface area contributed by atoms with Gasteiger partial charge in [0.2, 0.25) is 5.91 Å². The van der Waals surface area contributed by atoms with Gasteiger partial charge in [0.25, 0.3) is 0 Å². The van der Waals surface area contributed by atoms with Crippen LogP contribution in [-0.4, -0.2) is 36.0 Å². The summed E-state index contributed by atoms with van der Waals surface area (Å²) in [6, 6.07) is 0.285. The highest BCUT2D eigenvalue weighted by atomic mass is 16.5. The zero-order valence-electron chi connectivity index (χ0n) is 10.6. The Balaban J connectivity index is 1.91. The van der Waals surface area contributed by atoms with Crippen LogP contribution >= 0.6 is 0 Å². The Morgan fingerprint density at radius 1 is 1.29 bits per heavy atom. The molecule has 0 bridgehead atoms. The zero-order chi connectivity index (χ0) is 12.4. The molecule has 2 saturated carbocycles. The molecule has 17 heavy (non-hydrogen) atoms. The van der Waals surface area contributed by atoms with Crippen molar-refractivity contribution in [3.8, 4) is 0 Å². The predicted octanol–water partition coefficient (Wildman–Crippen LogP) is 1.59. The lowest BCUT2D eigenvalue weighted by Gasteiger charge is -2.24. The lowest BCUT2D eigenvalue weighted by Crippen LogP contribution is -2.41. The van der Waals surface area contributed by atoms with Crippen molar-refractivity contribution in [3.05, 3.63) is 0 Å². The van der Waals surface area contributed by atoms with E-state index in [0.29, 0.717) is 12.5 Å². The van der Waals surface area contributed by atoms with Crippen molar-refractivity contribution in [1.29, 1.82) is 0 Å². The molecule has 0 N–H and O–H groups in total. The zero-order valence-corrected chi connectivity index (χ0v) is 10.6. The molecule has 2 rings (SSSR count). The standard InChI is InChI=1S/C13H21NO3/c1-3-17-12(15)8-14(11-6-7-11)13(16)9(2)10-4-5-10/h9-11H,3-8H2,1-2H3. The number of carbonyl (C=O) groups excluding carboxylic acids is 2. The van der Waals surface area contributed by atoms with Crippen LogP contribution in [0.2, 0.25) is 0 Å². The van der Waals surface area contributed by atoms with E-state index in [0.717, 1.165) is 25.7 Å². The van der Waals surface area contributed by atoms with E-state index in [4.69, 9.17) is 4.74 Å². The number of hydrogen-bond acceptors (Lipinski definition) is 3. The number of nitrogens with zero attached hydrogens (tertiary/aromatic N) is 1. The minimum Gasteiger partial charge on any atom is -0.465 e. The van der Waals surface area contributed by atoms with Crippen molar-refractivity contribution in [3.63, 3.8) is 0 Å². The first-order valence-electron chi connectivity index (χ1n) is 6.59. The van der Waals surface area contributed by atoms with Gasteiger partial charge >= 0.3 is 5.97 Å². The Labute approximate surface area is 102 Å². The monoisotopic (exact) mass is 239 g/mol. The van der Waals surface area contributed by atoms with Gasteiger partial charge in [-0.2, -0.15) is 0 Å². The highest BCUT2D eigenvalue weighted by Gasteiger charge is 2.40. The fourth-order valence-corrected chi connectivity index (χ4v) is 2.18. The van der Waals surface area contributed by atoms with Crippen molar-refractivity contribution in [1.82, 2.24) is 4.90 Å². The van der Waals surface area contributed by atoms with Gasteiger partial charge in [-0.25, -0.2) is 0 Å². The lowest BCUT2D eigenvalue weighted by molar-refractivity contribution is -0.150. The van der Waals surface area contributed by atoms with E-state index >= 15 is 0 Å². The summed E-state index contributed by atoms with van der Waals surface area (Å²) < 4.78 is 4.92. The van der Waals surface area contributed by atoms with Crippen molar-refractivity contribution in [2.45, 2.75) is 45.6 Å². The summed E-state index contributed by atoms with van der Waals surface area (Å²) in [5, 5.41) is 0. The molecule has 2 aliphatic carbocycles. The van der Waals surface area contributed by atoms with Crippen molar-refractivity contribution in [2.24, 2.45) is 11.8 Å². The first-order chi connectivity index (χ1) is 8.13. The number of rotatable bonds is 6. The van der Waals surface area contributed by atoms with E-state index in [1.165, 1.54) is 0 Å². The van der Waals surface area contributed by atoms with Crippen LogP contribution in [0.25, 0.3) is 0 Å². The molecule has 0 saturated heterocycles. The predicted molar refractivity (Wildman–Crippen MR) is 63.3 cm³/mol. The molecular formula is C13H21NO3. The van der Waals surface area contributed by atoms with E-state index in [1.54, 1.807) is 11.8 Å². The second-order valence-corrected chi connectivity index (χ2v) is 5.13. The highest BCUT2D eigenvalue weighted by molar-refractivity contribution is 5.84. The molecule has 96 valence electrons. The molecule has 0 aromatic carbocycles. The van der Waals surface area contributed by atoms with Crippen molar-refractivity contribution < 1.29 is 14.3 Å². The van der Waals surface area contributed by atoms with Crippen LogP contribution in [0.4, 0.5) is 0 Å². The van der Waals surface area contributed by atoms with Gasteiger partial charge in [-0.05, 0) is 38.5 Å². The summed E-state index contributed by atoms with van der Waals surface area (Å²) in [5.41, 5.74) is 0. The molecule has 4 heteroatoms. The summed E-state index contributed by atoms with van der Waals surface area (Å²) >= 11 is 0. The third-order valence-electron chi connectivity index (χ3n) is 3.59. The van der Waals surface area contributed by atoms with Crippen molar-refractivity contribution in [2.75, 3.05) is 13.2 Å². The minimum atomic E-state index is -0.282. The molecule has 0 aliphatic heterocycles. The SMILES string of the molecule is CCOC(=O)CN(C(=O)C(C)C1CC1)C1CC1. The van der Waals surface area contributed by atoms with Gasteiger partial charge in [0.1, 0.15) is 6.54 Å². The minimum absolute atomic E-state index is 0.0741. The van der Waals surface area contributed by atoms with Crippen LogP contribution in [-0.2, 0) is 14.3 Å². The van der Waals surface area contributed by atoms with E-state index in [9.17, 15) is 9.59 Å². The number of amides is 1. The molecule has 1 amide bonds. The highest BCUT2D eigenvalue weighted by Crippen LogP contribution is 2.39. The maximum atomic E-state index is 12.3. The Bertz CT molecular complexity index is 308. The summed E-state index contributed by atoms with van der Waals surface area (Å²) in [4.78, 5) is 25.5. The molecule has 0 spiro atoms. The van der Waals surface area contributed by atoms with E-state index in [-0.39, 0.29) is 30.4 Å². The van der Waals surface area contributed by atoms with Crippen LogP contribution in [0.15, 0.2) is 0 Å². The smallest absolute Gasteiger partial charge is 0.325 e. The van der Waals surface area contributed by atoms with Crippen LogP contribution in [0.1, 0.15) is 39.5 Å². The summed E-state index contributed by atoms with van der Waals surface area (Å²) in [7, 11) is 0. The van der Waals surface area contributed by atoms with Crippen molar-refractivity contribution >= 4 is 11.9 Å². The molecule has 0 heterocycles. The average Bonchev–Trinajstić information content (AvgIpc) is 3.17. The topological polar surface area (TPSA) is 46.6 Å². The summed E-state index contributed by atoms with van der Waals surface area (Å²) in [6.07, 6.45) is 4.38. The summed E-state index contributed by atoms with van der Waals surface area (Å²) in [5.74, 6) is 0.481. The number of ether oxygens (including phenoxy) is 1. The number of carbonyl (C=O) groups is 2. The van der Waals surface area contributed by atoms with E-state index < -0.39 is 0 Å². The lowest BCUT2D eigenvalue weighted by atomic mass is 10.0. The Morgan fingerprint density at radius 3 is 2.41 bits per heavy atom. The third kappa shape index (κ3) is 3.20. The largest absolute Gasteiger partial charge is 0.465 e. The van der Waals surface area contributed by atoms with Gasteiger partial charge in [0, 0.05) is 12.0 Å². The first-order valence-corrected chi connectivity index (χ1v) is 6.59. The van der Waals surface area contributed by atoms with Gasteiger partial charge in [-0.1, -0.05) is 6.92 Å². The Morgan fingerprint density at radius 2 is 1.94 bits per heavy atom. The number of hydrogen-bond donors (Lipinski definition) is 0. The first kappa shape index (κ1) is 12.4. The maximum absolute atomic E-state index is 12.3. The normalized spacial score (nSPS) is 20.8. The quantitative estimate of drug-likeness (QED) is 0.661. The molecular weight excluding hydrogens is 218 g/mol. The van der Waals surface area contributed by atoms with Gasteiger partial charge < -0.3 is 9.64 Å². The number of esters is 1.